The average Bonchev–Trinajstić information content (AvgIpc) is 4.11. The van der Waals surface area contributed by atoms with Crippen LogP contribution < -0.4 is 21.4 Å². The van der Waals surface area contributed by atoms with Crippen LogP contribution in [0.1, 0.15) is 123 Å². The third-order valence-corrected chi connectivity index (χ3v) is 12.4. The van der Waals surface area contributed by atoms with Crippen LogP contribution in [0.5, 0.6) is 0 Å². The highest BCUT2D eigenvalue weighted by molar-refractivity contribution is 5.85. The van der Waals surface area contributed by atoms with Crippen molar-refractivity contribution >= 4 is 22.3 Å². The summed E-state index contributed by atoms with van der Waals surface area (Å²) in [5.74, 6) is 2.35. The molecule has 1 aliphatic rings. The molecule has 4 N–H and O–H groups in total. The molecule has 0 saturated heterocycles. The van der Waals surface area contributed by atoms with Gasteiger partial charge in [0.2, 0.25) is 0 Å². The summed E-state index contributed by atoms with van der Waals surface area (Å²) in [6, 6.07) is 54.8. The van der Waals surface area contributed by atoms with Crippen molar-refractivity contribution in [3.05, 3.63) is 234 Å². The molecule has 4 heteroatoms. The van der Waals surface area contributed by atoms with Gasteiger partial charge in [0.05, 0.1) is 0 Å². The van der Waals surface area contributed by atoms with E-state index >= 15 is 0 Å². The van der Waals surface area contributed by atoms with E-state index in [1.54, 1.807) is 0 Å². The lowest BCUT2D eigenvalue weighted by Gasteiger charge is -2.12. The molecule has 0 atom stereocenters. The lowest BCUT2D eigenvalue weighted by Crippen LogP contribution is -2.19. The SMILES string of the molecule is CC(C)Cc1ccc(C2=c3ccc([nH]3)=C(c3ccc(CC(C)C)cc3)c3ccc([nH]3)C(c3ccc(CC(C)C)cc3)=c3ccc([nH]3)=C(c3ccc(CC(C)C)cc3)c3ccc2[nH]3)cc1. The van der Waals surface area contributed by atoms with Crippen molar-refractivity contribution in [3.8, 4) is 0 Å². The Balaban J connectivity index is 1.34. The number of hydrogen-bond acceptors (Lipinski definition) is 0. The first-order valence-electron chi connectivity index (χ1n) is 23.6. The van der Waals surface area contributed by atoms with Gasteiger partial charge in [-0.3, -0.25) is 0 Å². The van der Waals surface area contributed by atoms with Gasteiger partial charge in [-0.05, 0) is 142 Å². The van der Waals surface area contributed by atoms with E-state index < -0.39 is 0 Å². The zero-order valence-corrected chi connectivity index (χ0v) is 39.0. The van der Waals surface area contributed by atoms with Gasteiger partial charge >= 0.3 is 0 Å². The third-order valence-electron chi connectivity index (χ3n) is 12.4. The number of aromatic nitrogens is 4. The minimum atomic E-state index is 0.589. The second kappa shape index (κ2) is 18.3. The topological polar surface area (TPSA) is 63.2 Å². The molecular weight excluding hydrogens is 777 g/mol. The zero-order chi connectivity index (χ0) is 44.5. The van der Waals surface area contributed by atoms with E-state index in [1.165, 1.54) is 22.3 Å². The van der Waals surface area contributed by atoms with Gasteiger partial charge in [0.25, 0.3) is 0 Å². The van der Waals surface area contributed by atoms with Crippen LogP contribution in [0.4, 0.5) is 0 Å². The minimum absolute atomic E-state index is 0.589. The minimum Gasteiger partial charge on any atom is -0.354 e. The fourth-order valence-electron chi connectivity index (χ4n) is 9.69. The van der Waals surface area contributed by atoms with Crippen molar-refractivity contribution in [2.75, 3.05) is 0 Å². The summed E-state index contributed by atoms with van der Waals surface area (Å²) in [4.78, 5) is 15.9. The predicted molar refractivity (Wildman–Crippen MR) is 268 cm³/mol. The number of benzene rings is 4. The van der Waals surface area contributed by atoms with Gasteiger partial charge in [0, 0.05) is 66.5 Å². The van der Waals surface area contributed by atoms with E-state index in [9.17, 15) is 0 Å². The van der Waals surface area contributed by atoms with Crippen LogP contribution in [0.25, 0.3) is 22.3 Å². The number of aromatic amines is 4. The Morgan fingerprint density at radius 2 is 0.453 bits per heavy atom. The number of hydrogen-bond donors (Lipinski definition) is 4. The maximum Gasteiger partial charge on any atom is 0.0485 e. The molecule has 4 aromatic carbocycles. The zero-order valence-electron chi connectivity index (χ0n) is 39.0. The predicted octanol–water partition coefficient (Wildman–Crippen LogP) is 11.1. The van der Waals surface area contributed by atoms with Gasteiger partial charge < -0.3 is 19.9 Å². The average molecular weight is 841 g/mol. The largest absolute Gasteiger partial charge is 0.354 e. The first kappa shape index (κ1) is 42.8. The van der Waals surface area contributed by atoms with Crippen LogP contribution in [-0.4, -0.2) is 19.9 Å². The van der Waals surface area contributed by atoms with Crippen LogP contribution in [0.3, 0.4) is 0 Å². The molecule has 0 amide bonds. The molecule has 0 saturated carbocycles. The van der Waals surface area contributed by atoms with E-state index in [0.29, 0.717) is 23.7 Å². The summed E-state index contributed by atoms with van der Waals surface area (Å²) in [5.41, 5.74) is 18.8. The standard InChI is InChI=1S/C60H64N4/c1-37(2)33-41-9-17-45(18-10-41)57-49-25-27-51(61-49)58(46-19-11-42(12-20-46)34-38(3)4)53-29-31-55(63-53)60(48-23-15-44(16-24-48)36-40(7)8)56-32-30-54(64-56)59(52-28-26-50(57)62-52)47-21-13-43(14-22-47)35-39(5)6/h9-32,37-40,61-64H,33-36H2,1-8H3. The number of rotatable bonds is 12. The van der Waals surface area contributed by atoms with Crippen molar-refractivity contribution in [1.82, 2.24) is 19.9 Å². The summed E-state index contributed by atoms with van der Waals surface area (Å²) in [6.45, 7) is 18.3. The molecule has 0 unspecified atom stereocenters. The Morgan fingerprint density at radius 1 is 0.250 bits per heavy atom. The molecular formula is C60H64N4. The highest BCUT2D eigenvalue weighted by atomic mass is 14.8. The molecule has 5 heterocycles. The highest BCUT2D eigenvalue weighted by Gasteiger charge is 2.19. The van der Waals surface area contributed by atoms with E-state index in [0.717, 1.165) is 114 Å². The Labute approximate surface area is 379 Å². The molecule has 0 spiro atoms. The summed E-state index contributed by atoms with van der Waals surface area (Å²) >= 11 is 0. The van der Waals surface area contributed by atoms with Gasteiger partial charge in [0.15, 0.2) is 0 Å². The van der Waals surface area contributed by atoms with Crippen LogP contribution in [0, 0.1) is 23.7 Å². The van der Waals surface area contributed by atoms with Gasteiger partial charge in [-0.15, -0.1) is 0 Å². The molecule has 8 aromatic rings. The summed E-state index contributed by atoms with van der Waals surface area (Å²) in [6.07, 6.45) is 4.21. The van der Waals surface area contributed by atoms with E-state index in [4.69, 9.17) is 0 Å². The highest BCUT2D eigenvalue weighted by Crippen LogP contribution is 2.29. The van der Waals surface area contributed by atoms with Crippen LogP contribution in [0.2, 0.25) is 0 Å². The molecule has 324 valence electrons. The Morgan fingerprint density at radius 3 is 0.641 bits per heavy atom. The lowest BCUT2D eigenvalue weighted by atomic mass is 9.97. The monoisotopic (exact) mass is 841 g/mol. The van der Waals surface area contributed by atoms with E-state index in [-0.39, 0.29) is 0 Å². The van der Waals surface area contributed by atoms with Crippen molar-refractivity contribution < 1.29 is 0 Å². The summed E-state index contributed by atoms with van der Waals surface area (Å²) < 4.78 is 0. The van der Waals surface area contributed by atoms with Crippen LogP contribution in [-0.2, 0) is 25.7 Å². The fraction of sp³-hybridized carbons (Fsp3) is 0.267. The number of H-pyrrole nitrogens is 4. The van der Waals surface area contributed by atoms with Crippen molar-refractivity contribution in [2.24, 2.45) is 23.7 Å². The molecule has 0 aliphatic carbocycles. The Hall–Kier alpha value is -6.52. The second-order valence-electron chi connectivity index (χ2n) is 19.8. The van der Waals surface area contributed by atoms with Gasteiger partial charge in [-0.25, -0.2) is 0 Å². The molecule has 4 aromatic heterocycles. The first-order chi connectivity index (χ1) is 30.9. The molecule has 9 rings (SSSR count). The van der Waals surface area contributed by atoms with Crippen molar-refractivity contribution in [3.63, 3.8) is 0 Å². The quantitative estimate of drug-likeness (QED) is 0.0947. The van der Waals surface area contributed by atoms with Gasteiger partial charge in [-0.2, -0.15) is 0 Å². The van der Waals surface area contributed by atoms with Crippen LogP contribution in [0.15, 0.2) is 146 Å². The lowest BCUT2D eigenvalue weighted by molar-refractivity contribution is 0.647. The van der Waals surface area contributed by atoms with Crippen LogP contribution >= 0.6 is 0 Å². The summed E-state index contributed by atoms with van der Waals surface area (Å²) in [7, 11) is 0. The smallest absolute Gasteiger partial charge is 0.0485 e. The maximum absolute atomic E-state index is 3.98. The molecule has 8 bridgehead atoms. The number of fused-ring (bicyclic) bond motifs is 8. The fourth-order valence-corrected chi connectivity index (χ4v) is 9.69. The van der Waals surface area contributed by atoms with E-state index in [2.05, 4.69) is 221 Å². The Bertz CT molecular complexity index is 2700. The molecule has 1 aliphatic heterocycles. The summed E-state index contributed by atoms with van der Waals surface area (Å²) in [5, 5.41) is 4.23. The molecule has 4 nitrogen and oxygen atoms in total. The third kappa shape index (κ3) is 9.24. The van der Waals surface area contributed by atoms with Crippen molar-refractivity contribution in [2.45, 2.75) is 81.1 Å². The number of nitrogens with one attached hydrogen (secondary N) is 4. The molecule has 0 radical (unpaired) electrons. The van der Waals surface area contributed by atoms with Crippen molar-refractivity contribution in [1.29, 1.82) is 0 Å². The second-order valence-corrected chi connectivity index (χ2v) is 19.8. The molecule has 0 fully saturated rings. The maximum atomic E-state index is 3.98. The molecule has 64 heavy (non-hydrogen) atoms. The Kier molecular flexibility index (Phi) is 12.2. The van der Waals surface area contributed by atoms with Gasteiger partial charge in [-0.1, -0.05) is 152 Å². The normalized spacial score (nSPS) is 13.1. The van der Waals surface area contributed by atoms with Gasteiger partial charge in [0.1, 0.15) is 0 Å². The van der Waals surface area contributed by atoms with E-state index in [1.807, 2.05) is 0 Å². The first-order valence-corrected chi connectivity index (χ1v) is 23.6.